The fourth-order valence-corrected chi connectivity index (χ4v) is 4.08. The van der Waals surface area contributed by atoms with Gasteiger partial charge in [-0.1, -0.05) is 6.92 Å². The van der Waals surface area contributed by atoms with Crippen LogP contribution in [-0.2, 0) is 0 Å². The first kappa shape index (κ1) is 17.3. The molecule has 0 unspecified atom stereocenters. The number of piperidine rings is 1. The number of rotatable bonds is 4. The second-order valence-corrected chi connectivity index (χ2v) is 8.00. The number of carbonyl (C=O) groups excluding carboxylic acids is 1. The van der Waals surface area contributed by atoms with Crippen LogP contribution in [0.4, 0.5) is 0 Å². The number of aromatic nitrogens is 1. The number of thiazole rings is 1. The van der Waals surface area contributed by atoms with Crippen molar-refractivity contribution in [1.82, 2.24) is 15.6 Å². The molecule has 7 heteroatoms. The molecule has 0 spiro atoms. The minimum Gasteiger partial charge on any atom is -0.486 e. The third-order valence-electron chi connectivity index (χ3n) is 5.01. The van der Waals surface area contributed by atoms with Crippen molar-refractivity contribution in [1.29, 1.82) is 0 Å². The predicted molar refractivity (Wildman–Crippen MR) is 101 cm³/mol. The Bertz CT molecular complexity index is 799. The highest BCUT2D eigenvalue weighted by Gasteiger charge is 2.27. The normalized spacial score (nSPS) is 18.3. The molecule has 1 fully saturated rings. The minimum absolute atomic E-state index is 0.107. The smallest absolute Gasteiger partial charge is 0.270 e. The van der Waals surface area contributed by atoms with Crippen molar-refractivity contribution in [2.45, 2.75) is 19.8 Å². The average molecular weight is 373 g/mol. The molecule has 4 rings (SSSR count). The second kappa shape index (κ2) is 7.25. The molecule has 0 bridgehead atoms. The molecule has 2 aliphatic heterocycles. The molecule has 2 aliphatic rings. The molecule has 0 radical (unpaired) electrons. The Morgan fingerprint density at radius 1 is 1.27 bits per heavy atom. The minimum atomic E-state index is -0.107. The van der Waals surface area contributed by atoms with Crippen LogP contribution in [0.25, 0.3) is 10.6 Å². The van der Waals surface area contributed by atoms with E-state index in [4.69, 9.17) is 9.47 Å². The zero-order chi connectivity index (χ0) is 18.0. The van der Waals surface area contributed by atoms with Crippen LogP contribution in [-0.4, -0.2) is 43.7 Å². The van der Waals surface area contributed by atoms with Crippen molar-refractivity contribution < 1.29 is 14.3 Å². The zero-order valence-corrected chi connectivity index (χ0v) is 15.7. The average Bonchev–Trinajstić information content (AvgIpc) is 3.17. The zero-order valence-electron chi connectivity index (χ0n) is 14.8. The molecule has 1 amide bonds. The van der Waals surface area contributed by atoms with E-state index in [9.17, 15) is 4.79 Å². The molecule has 1 saturated heterocycles. The summed E-state index contributed by atoms with van der Waals surface area (Å²) in [6.07, 6.45) is 2.15. The van der Waals surface area contributed by atoms with Gasteiger partial charge in [0.2, 0.25) is 0 Å². The van der Waals surface area contributed by atoms with Gasteiger partial charge in [0, 0.05) is 17.5 Å². The molecule has 3 heterocycles. The summed E-state index contributed by atoms with van der Waals surface area (Å²) in [7, 11) is 0. The first-order valence-corrected chi connectivity index (χ1v) is 9.85. The number of amides is 1. The summed E-state index contributed by atoms with van der Waals surface area (Å²) in [6.45, 7) is 6.06. The van der Waals surface area contributed by atoms with E-state index in [0.29, 0.717) is 25.5 Å². The second-order valence-electron chi connectivity index (χ2n) is 7.14. The lowest BCUT2D eigenvalue weighted by Crippen LogP contribution is -2.42. The summed E-state index contributed by atoms with van der Waals surface area (Å²) in [5.41, 5.74) is 1.57. The van der Waals surface area contributed by atoms with Crippen molar-refractivity contribution in [3.05, 3.63) is 29.3 Å². The largest absolute Gasteiger partial charge is 0.486 e. The van der Waals surface area contributed by atoms with E-state index >= 15 is 0 Å². The summed E-state index contributed by atoms with van der Waals surface area (Å²) < 4.78 is 11.2. The lowest BCUT2D eigenvalue weighted by Gasteiger charge is -2.34. The first-order valence-electron chi connectivity index (χ1n) is 8.97. The molecule has 138 valence electrons. The van der Waals surface area contributed by atoms with E-state index in [1.54, 1.807) is 0 Å². The third-order valence-corrected chi connectivity index (χ3v) is 5.90. The summed E-state index contributed by atoms with van der Waals surface area (Å²) in [5.74, 6) is 1.38. The van der Waals surface area contributed by atoms with E-state index in [2.05, 4.69) is 22.5 Å². The Morgan fingerprint density at radius 2 is 2.04 bits per heavy atom. The van der Waals surface area contributed by atoms with Crippen LogP contribution < -0.4 is 20.1 Å². The number of nitrogens with zero attached hydrogens (tertiary/aromatic N) is 1. The number of ether oxygens (including phenoxy) is 2. The van der Waals surface area contributed by atoms with Crippen LogP contribution in [0.3, 0.4) is 0 Å². The number of hydrogen-bond acceptors (Lipinski definition) is 6. The van der Waals surface area contributed by atoms with Crippen molar-refractivity contribution in [3.8, 4) is 22.1 Å². The van der Waals surface area contributed by atoms with Crippen molar-refractivity contribution in [2.24, 2.45) is 5.41 Å². The van der Waals surface area contributed by atoms with Gasteiger partial charge in [-0.3, -0.25) is 4.79 Å². The van der Waals surface area contributed by atoms with E-state index in [-0.39, 0.29) is 11.3 Å². The first-order chi connectivity index (χ1) is 12.6. The topological polar surface area (TPSA) is 72.5 Å². The molecular formula is C19H23N3O3S. The Labute approximate surface area is 156 Å². The maximum Gasteiger partial charge on any atom is 0.270 e. The van der Waals surface area contributed by atoms with E-state index in [1.807, 2.05) is 23.6 Å². The Hall–Kier alpha value is -2.12. The monoisotopic (exact) mass is 373 g/mol. The van der Waals surface area contributed by atoms with E-state index < -0.39 is 0 Å². The number of nitrogens with one attached hydrogen (secondary N) is 2. The van der Waals surface area contributed by atoms with Gasteiger partial charge in [0.15, 0.2) is 11.5 Å². The van der Waals surface area contributed by atoms with Crippen LogP contribution in [0.2, 0.25) is 0 Å². The van der Waals surface area contributed by atoms with Gasteiger partial charge < -0.3 is 20.1 Å². The van der Waals surface area contributed by atoms with Gasteiger partial charge in [-0.25, -0.2) is 4.98 Å². The van der Waals surface area contributed by atoms with Gasteiger partial charge in [-0.15, -0.1) is 11.3 Å². The fourth-order valence-electron chi connectivity index (χ4n) is 3.28. The van der Waals surface area contributed by atoms with Crippen molar-refractivity contribution >= 4 is 17.2 Å². The molecule has 2 N–H and O–H groups in total. The molecule has 0 aliphatic carbocycles. The highest BCUT2D eigenvalue weighted by atomic mass is 32.1. The number of fused-ring (bicyclic) bond motifs is 1. The molecule has 1 aromatic heterocycles. The van der Waals surface area contributed by atoms with Crippen LogP contribution in [0.5, 0.6) is 11.5 Å². The Kier molecular flexibility index (Phi) is 4.82. The summed E-state index contributed by atoms with van der Waals surface area (Å²) in [5, 5.41) is 9.03. The van der Waals surface area contributed by atoms with Gasteiger partial charge in [0.05, 0.1) is 0 Å². The fraction of sp³-hybridized carbons (Fsp3) is 0.474. The van der Waals surface area contributed by atoms with Gasteiger partial charge >= 0.3 is 0 Å². The molecule has 0 saturated carbocycles. The maximum absolute atomic E-state index is 12.5. The molecular weight excluding hydrogens is 350 g/mol. The molecule has 26 heavy (non-hydrogen) atoms. The lowest BCUT2D eigenvalue weighted by molar-refractivity contribution is 0.0918. The molecule has 6 nitrogen and oxygen atoms in total. The Balaban J connectivity index is 1.43. The van der Waals surface area contributed by atoms with Gasteiger partial charge in [0.1, 0.15) is 23.9 Å². The summed E-state index contributed by atoms with van der Waals surface area (Å²) in [6, 6.07) is 5.76. The van der Waals surface area contributed by atoms with E-state index in [0.717, 1.165) is 48.0 Å². The van der Waals surface area contributed by atoms with Gasteiger partial charge in [-0.05, 0) is 49.5 Å². The predicted octanol–water partition coefficient (Wildman–Crippen LogP) is 2.70. The number of hydrogen-bond donors (Lipinski definition) is 2. The maximum atomic E-state index is 12.5. The number of carbonyl (C=O) groups is 1. The van der Waals surface area contributed by atoms with Crippen molar-refractivity contribution in [2.75, 3.05) is 32.8 Å². The SMILES string of the molecule is CC1(CNC(=O)c2csc(-c3ccc4c(c3)OCCO4)n2)CCNCC1. The summed E-state index contributed by atoms with van der Waals surface area (Å²) >= 11 is 1.46. The van der Waals surface area contributed by atoms with Crippen LogP contribution in [0.1, 0.15) is 30.3 Å². The molecule has 1 aromatic carbocycles. The van der Waals surface area contributed by atoms with Gasteiger partial charge in [-0.2, -0.15) is 0 Å². The van der Waals surface area contributed by atoms with Crippen LogP contribution in [0, 0.1) is 5.41 Å². The summed E-state index contributed by atoms with van der Waals surface area (Å²) in [4.78, 5) is 17.0. The molecule has 0 atom stereocenters. The quantitative estimate of drug-likeness (QED) is 0.862. The highest BCUT2D eigenvalue weighted by Crippen LogP contribution is 2.35. The van der Waals surface area contributed by atoms with Gasteiger partial charge in [0.25, 0.3) is 5.91 Å². The lowest BCUT2D eigenvalue weighted by atomic mass is 9.81. The standard InChI is InChI=1S/C19H23N3O3S/c1-19(4-6-20-7-5-19)12-21-17(23)14-11-26-18(22-14)13-2-3-15-16(10-13)25-9-8-24-15/h2-3,10-11,20H,4-9,12H2,1H3,(H,21,23). The van der Waals surface area contributed by atoms with Crippen LogP contribution in [0.15, 0.2) is 23.6 Å². The van der Waals surface area contributed by atoms with E-state index in [1.165, 1.54) is 11.3 Å². The third kappa shape index (κ3) is 3.68. The molecule has 2 aromatic rings. The number of benzene rings is 1. The van der Waals surface area contributed by atoms with Crippen molar-refractivity contribution in [3.63, 3.8) is 0 Å². The van der Waals surface area contributed by atoms with Crippen LogP contribution >= 0.6 is 11.3 Å². The Morgan fingerprint density at radius 3 is 2.85 bits per heavy atom. The highest BCUT2D eigenvalue weighted by molar-refractivity contribution is 7.13.